The van der Waals surface area contributed by atoms with Gasteiger partial charge in [-0.3, -0.25) is 9.59 Å². The zero-order valence-corrected chi connectivity index (χ0v) is 18.8. The number of carbonyl (C=O) groups is 2. The van der Waals surface area contributed by atoms with Gasteiger partial charge in [0.25, 0.3) is 0 Å². The normalized spacial score (nSPS) is 50.4. The summed E-state index contributed by atoms with van der Waals surface area (Å²) >= 11 is 0. The molecule has 2 unspecified atom stereocenters. The molecule has 170 valence electrons. The van der Waals surface area contributed by atoms with Crippen molar-refractivity contribution < 1.29 is 24.2 Å². The fourth-order valence-corrected chi connectivity index (χ4v) is 8.16. The van der Waals surface area contributed by atoms with Gasteiger partial charge in [-0.05, 0) is 56.1 Å². The Bertz CT molecular complexity index is 866. The number of ether oxygens (including phenoxy) is 2. The van der Waals surface area contributed by atoms with Gasteiger partial charge >= 0.3 is 0 Å². The van der Waals surface area contributed by atoms with Gasteiger partial charge in [0.05, 0.1) is 18.8 Å². The van der Waals surface area contributed by atoms with Crippen LogP contribution in [0.1, 0.15) is 59.3 Å². The highest BCUT2D eigenvalue weighted by molar-refractivity contribution is 6.01. The Kier molecular flexibility index (Phi) is 4.91. The molecule has 31 heavy (non-hydrogen) atoms. The van der Waals surface area contributed by atoms with E-state index in [1.165, 1.54) is 0 Å². The van der Waals surface area contributed by atoms with Gasteiger partial charge in [-0.1, -0.05) is 38.8 Å². The zero-order chi connectivity index (χ0) is 22.2. The number of ketones is 2. The molecule has 0 radical (unpaired) electrons. The van der Waals surface area contributed by atoms with E-state index in [0.717, 1.165) is 37.7 Å². The predicted molar refractivity (Wildman–Crippen MR) is 115 cm³/mol. The lowest BCUT2D eigenvalue weighted by Crippen LogP contribution is -2.64. The topological polar surface area (TPSA) is 98.9 Å². The van der Waals surface area contributed by atoms with Gasteiger partial charge in [0.2, 0.25) is 0 Å². The summed E-state index contributed by atoms with van der Waals surface area (Å²) in [6.45, 7) is 6.27. The first-order valence-corrected chi connectivity index (χ1v) is 11.9. The lowest BCUT2D eigenvalue weighted by atomic mass is 9.46. The second-order valence-corrected chi connectivity index (χ2v) is 10.8. The first-order chi connectivity index (χ1) is 14.7. The molecule has 4 aliphatic carbocycles. The maximum atomic E-state index is 13.4. The summed E-state index contributed by atoms with van der Waals surface area (Å²) < 4.78 is 12.8. The van der Waals surface area contributed by atoms with E-state index >= 15 is 0 Å². The molecule has 1 saturated heterocycles. The summed E-state index contributed by atoms with van der Waals surface area (Å²) in [5.41, 5.74) is 5.10. The van der Waals surface area contributed by atoms with E-state index in [4.69, 9.17) is 15.2 Å². The summed E-state index contributed by atoms with van der Waals surface area (Å²) in [5, 5.41) is 11.6. The zero-order valence-electron chi connectivity index (χ0n) is 18.8. The van der Waals surface area contributed by atoms with Crippen LogP contribution in [0.25, 0.3) is 0 Å². The van der Waals surface area contributed by atoms with Gasteiger partial charge in [0.15, 0.2) is 23.5 Å². The first kappa shape index (κ1) is 21.5. The van der Waals surface area contributed by atoms with Crippen LogP contribution < -0.4 is 5.73 Å². The molecule has 1 aliphatic heterocycles. The van der Waals surface area contributed by atoms with Crippen LogP contribution in [0.5, 0.6) is 0 Å². The summed E-state index contributed by atoms with van der Waals surface area (Å²) in [4.78, 5) is 25.3. The molecular weight excluding hydrogens is 394 g/mol. The number of Topliss-reactive ketones (excluding diaryl/α,β-unsaturated/α-hetero) is 1. The van der Waals surface area contributed by atoms with Crippen LogP contribution >= 0.6 is 0 Å². The van der Waals surface area contributed by atoms with Gasteiger partial charge in [-0.15, -0.1) is 0 Å². The van der Waals surface area contributed by atoms with Crippen LogP contribution in [0.3, 0.4) is 0 Å². The summed E-state index contributed by atoms with van der Waals surface area (Å²) in [6, 6.07) is 0. The Balaban J connectivity index is 1.55. The van der Waals surface area contributed by atoms with E-state index in [-0.39, 0.29) is 53.7 Å². The molecular formula is C25H35NO5. The Labute approximate surface area is 184 Å². The van der Waals surface area contributed by atoms with Crippen molar-refractivity contribution in [3.05, 3.63) is 23.8 Å². The van der Waals surface area contributed by atoms with E-state index in [1.807, 2.05) is 6.08 Å². The van der Waals surface area contributed by atoms with Crippen molar-refractivity contribution in [1.82, 2.24) is 0 Å². The summed E-state index contributed by atoms with van der Waals surface area (Å²) in [6.07, 6.45) is 8.78. The molecule has 5 aliphatic rings. The van der Waals surface area contributed by atoms with E-state index < -0.39 is 17.1 Å². The van der Waals surface area contributed by atoms with E-state index in [2.05, 4.69) is 20.8 Å². The number of hydrogen-bond donors (Lipinski definition) is 2. The summed E-state index contributed by atoms with van der Waals surface area (Å²) in [7, 11) is 0. The van der Waals surface area contributed by atoms with Gasteiger partial charge in [-0.25, -0.2) is 0 Å². The molecule has 9 atom stereocenters. The standard InChI is InChI=1S/C25H35NO5/c1-4-5-21-30-20-11-17-16-7-6-14-10-15(27)8-9-23(14,2)22(16)18(28)12-24(17,3)25(20,31-21)19(29)13-26/h8-10,16-18,20-22,28H,4-7,11-13,26H2,1-3H3/t16-,17?,18-,20+,21+,22?,23-,24-,25+/m0/s1. The van der Waals surface area contributed by atoms with Crippen molar-refractivity contribution in [2.24, 2.45) is 34.3 Å². The van der Waals surface area contributed by atoms with E-state index in [9.17, 15) is 14.7 Å². The highest BCUT2D eigenvalue weighted by Crippen LogP contribution is 2.69. The van der Waals surface area contributed by atoms with Gasteiger partial charge in [0.1, 0.15) is 0 Å². The smallest absolute Gasteiger partial charge is 0.181 e. The average molecular weight is 430 g/mol. The van der Waals surface area contributed by atoms with E-state index in [0.29, 0.717) is 6.42 Å². The SMILES string of the molecule is CCC[C@@H]1O[C@@H]2CC3[C@@H]4CCC5=CC(=O)C=C[C@]5(C)C4[C@@H](O)C[C@]3(C)[C@]2(C(=O)CN)O1. The Morgan fingerprint density at radius 2 is 2.13 bits per heavy atom. The number of aliphatic hydroxyl groups is 1. The van der Waals surface area contributed by atoms with Crippen molar-refractivity contribution in [2.45, 2.75) is 83.4 Å². The van der Waals surface area contributed by atoms with Crippen LogP contribution in [0, 0.1) is 28.6 Å². The number of allylic oxidation sites excluding steroid dienone is 4. The lowest BCUT2D eigenvalue weighted by molar-refractivity contribution is -0.198. The third-order valence-electron chi connectivity index (χ3n) is 9.41. The Morgan fingerprint density at radius 3 is 2.84 bits per heavy atom. The number of aliphatic hydroxyl groups excluding tert-OH is 1. The van der Waals surface area contributed by atoms with Crippen molar-refractivity contribution >= 4 is 11.6 Å². The molecule has 0 bridgehead atoms. The van der Waals surface area contributed by atoms with Crippen LogP contribution in [-0.2, 0) is 19.1 Å². The molecule has 5 rings (SSSR count). The van der Waals surface area contributed by atoms with E-state index in [1.54, 1.807) is 12.2 Å². The number of fused-ring (bicyclic) bond motifs is 7. The van der Waals surface area contributed by atoms with Gasteiger partial charge < -0.3 is 20.3 Å². The number of hydrogen-bond acceptors (Lipinski definition) is 6. The second-order valence-electron chi connectivity index (χ2n) is 10.8. The molecule has 6 heteroatoms. The molecule has 0 aromatic rings. The molecule has 4 fully saturated rings. The van der Waals surface area contributed by atoms with Crippen LogP contribution in [0.15, 0.2) is 23.8 Å². The Morgan fingerprint density at radius 1 is 1.35 bits per heavy atom. The predicted octanol–water partition coefficient (Wildman–Crippen LogP) is 2.68. The number of carbonyl (C=O) groups excluding carboxylic acids is 2. The number of nitrogens with two attached hydrogens (primary N) is 1. The minimum atomic E-state index is -1.08. The third kappa shape index (κ3) is 2.65. The molecule has 0 spiro atoms. The highest BCUT2D eigenvalue weighted by Gasteiger charge is 2.75. The van der Waals surface area contributed by atoms with Crippen LogP contribution in [0.4, 0.5) is 0 Å². The molecule has 0 aromatic carbocycles. The third-order valence-corrected chi connectivity index (χ3v) is 9.41. The monoisotopic (exact) mass is 429 g/mol. The maximum absolute atomic E-state index is 13.4. The minimum Gasteiger partial charge on any atom is -0.393 e. The van der Waals surface area contributed by atoms with Gasteiger partial charge in [0, 0.05) is 16.7 Å². The minimum absolute atomic E-state index is 0.0187. The molecule has 1 heterocycles. The van der Waals surface area contributed by atoms with Crippen LogP contribution in [-0.4, -0.2) is 47.3 Å². The Hall–Kier alpha value is -1.34. The lowest BCUT2D eigenvalue weighted by Gasteiger charge is -2.59. The van der Waals surface area contributed by atoms with Gasteiger partial charge in [-0.2, -0.15) is 0 Å². The summed E-state index contributed by atoms with van der Waals surface area (Å²) in [5.74, 6) is 0.391. The fourth-order valence-electron chi connectivity index (χ4n) is 8.16. The first-order valence-electron chi connectivity index (χ1n) is 11.9. The van der Waals surface area contributed by atoms with Crippen molar-refractivity contribution in [3.63, 3.8) is 0 Å². The van der Waals surface area contributed by atoms with Crippen molar-refractivity contribution in [3.8, 4) is 0 Å². The molecule has 3 saturated carbocycles. The highest BCUT2D eigenvalue weighted by atomic mass is 16.7. The molecule has 3 N–H and O–H groups in total. The van der Waals surface area contributed by atoms with Crippen molar-refractivity contribution in [2.75, 3.05) is 6.54 Å². The quantitative estimate of drug-likeness (QED) is 0.713. The van der Waals surface area contributed by atoms with Crippen LogP contribution in [0.2, 0.25) is 0 Å². The second kappa shape index (κ2) is 7.08. The molecule has 6 nitrogen and oxygen atoms in total. The maximum Gasteiger partial charge on any atom is 0.181 e. The number of rotatable bonds is 4. The molecule has 0 aromatic heterocycles. The fraction of sp³-hybridized carbons (Fsp3) is 0.760. The average Bonchev–Trinajstić information content (AvgIpc) is 3.20. The largest absolute Gasteiger partial charge is 0.393 e. The van der Waals surface area contributed by atoms with Crippen molar-refractivity contribution in [1.29, 1.82) is 0 Å². The molecule has 0 amide bonds.